The van der Waals surface area contributed by atoms with Gasteiger partial charge < -0.3 is 15.5 Å². The van der Waals surface area contributed by atoms with Crippen molar-refractivity contribution in [2.75, 3.05) is 17.3 Å². The molecule has 4 N–H and O–H groups in total. The number of aromatic nitrogens is 2. The van der Waals surface area contributed by atoms with E-state index in [0.717, 1.165) is 0 Å². The molecule has 0 spiro atoms. The summed E-state index contributed by atoms with van der Waals surface area (Å²) in [7, 11) is 0. The first-order valence-electron chi connectivity index (χ1n) is 6.26. The number of anilines is 3. The number of nitrogens with zero attached hydrogens (tertiary/aromatic N) is 2. The third-order valence-electron chi connectivity index (χ3n) is 2.55. The van der Waals surface area contributed by atoms with Gasteiger partial charge in [0.15, 0.2) is 5.82 Å². The molecule has 0 fully saturated rings. The molecule has 0 aliphatic rings. The van der Waals surface area contributed by atoms with Crippen molar-refractivity contribution in [1.29, 1.82) is 0 Å². The van der Waals surface area contributed by atoms with Crippen LogP contribution in [0.15, 0.2) is 28.7 Å². The fourth-order valence-corrected chi connectivity index (χ4v) is 2.07. The highest BCUT2D eigenvalue weighted by Crippen LogP contribution is 2.26. The van der Waals surface area contributed by atoms with Crippen LogP contribution in [0.25, 0.3) is 0 Å². The fourth-order valence-electron chi connectivity index (χ4n) is 1.62. The van der Waals surface area contributed by atoms with Crippen LogP contribution >= 0.6 is 15.9 Å². The summed E-state index contributed by atoms with van der Waals surface area (Å²) in [5, 5.41) is 3.08. The van der Waals surface area contributed by atoms with Crippen LogP contribution in [0.1, 0.15) is 12.7 Å². The van der Waals surface area contributed by atoms with Crippen molar-refractivity contribution in [3.63, 3.8) is 0 Å². The third-order valence-corrected chi connectivity index (χ3v) is 3.21. The minimum Gasteiger partial charge on any atom is -0.374 e. The highest BCUT2D eigenvalue weighted by Gasteiger charge is 2.07. The summed E-state index contributed by atoms with van der Waals surface area (Å²) in [6.45, 7) is 2.74. The van der Waals surface area contributed by atoms with E-state index in [1.807, 2.05) is 6.92 Å². The molecule has 0 atom stereocenters. The summed E-state index contributed by atoms with van der Waals surface area (Å²) in [4.78, 5) is 8.50. The van der Waals surface area contributed by atoms with Gasteiger partial charge in [0.05, 0.1) is 5.69 Å². The van der Waals surface area contributed by atoms with Crippen LogP contribution in [0.2, 0.25) is 0 Å². The molecule has 0 unspecified atom stereocenters. The Morgan fingerprint density at radius 3 is 2.71 bits per heavy atom. The molecule has 0 saturated carbocycles. The molecule has 0 bridgehead atoms. The van der Waals surface area contributed by atoms with Crippen LogP contribution in [-0.4, -0.2) is 16.6 Å². The lowest BCUT2D eigenvalue weighted by molar-refractivity contribution is 0.128. The SMILES string of the molecule is CCOCc1nc(NN)cc(Nc2ccc(F)cc2Br)n1. The van der Waals surface area contributed by atoms with Gasteiger partial charge >= 0.3 is 0 Å². The number of nitrogens with one attached hydrogen (secondary N) is 2. The van der Waals surface area contributed by atoms with Crippen LogP contribution in [-0.2, 0) is 11.3 Å². The van der Waals surface area contributed by atoms with Crippen molar-refractivity contribution < 1.29 is 9.13 Å². The molecule has 0 amide bonds. The molecule has 0 aliphatic carbocycles. The molecule has 112 valence electrons. The Balaban J connectivity index is 2.25. The Bertz CT molecular complexity index is 626. The second-order valence-corrected chi connectivity index (χ2v) is 4.94. The summed E-state index contributed by atoms with van der Waals surface area (Å²) in [5.74, 6) is 6.55. The second kappa shape index (κ2) is 7.30. The van der Waals surface area contributed by atoms with E-state index in [4.69, 9.17) is 10.6 Å². The topological polar surface area (TPSA) is 85.1 Å². The van der Waals surface area contributed by atoms with Crippen LogP contribution in [0.5, 0.6) is 0 Å². The van der Waals surface area contributed by atoms with Gasteiger partial charge in [-0.05, 0) is 41.1 Å². The zero-order valence-electron chi connectivity index (χ0n) is 11.4. The van der Waals surface area contributed by atoms with Gasteiger partial charge in [0.2, 0.25) is 0 Å². The molecule has 21 heavy (non-hydrogen) atoms. The average molecular weight is 356 g/mol. The van der Waals surface area contributed by atoms with Gasteiger partial charge in [0, 0.05) is 17.1 Å². The van der Waals surface area contributed by atoms with E-state index < -0.39 is 0 Å². The maximum Gasteiger partial charge on any atom is 0.158 e. The molecule has 0 radical (unpaired) electrons. The van der Waals surface area contributed by atoms with Crippen LogP contribution in [0, 0.1) is 5.82 Å². The van der Waals surface area contributed by atoms with Gasteiger partial charge in [0.1, 0.15) is 24.1 Å². The summed E-state index contributed by atoms with van der Waals surface area (Å²) in [6, 6.07) is 5.98. The zero-order chi connectivity index (χ0) is 15.2. The highest BCUT2D eigenvalue weighted by molar-refractivity contribution is 9.10. The average Bonchev–Trinajstić information content (AvgIpc) is 2.48. The first kappa shape index (κ1) is 15.6. The Kier molecular flexibility index (Phi) is 5.43. The summed E-state index contributed by atoms with van der Waals surface area (Å²) in [6.07, 6.45) is 0. The predicted molar refractivity (Wildman–Crippen MR) is 82.6 cm³/mol. The lowest BCUT2D eigenvalue weighted by Gasteiger charge is -2.11. The molecular weight excluding hydrogens is 341 g/mol. The molecule has 8 heteroatoms. The molecule has 2 aromatic rings. The quantitative estimate of drug-likeness (QED) is 0.545. The minimum absolute atomic E-state index is 0.283. The smallest absolute Gasteiger partial charge is 0.158 e. The van der Waals surface area contributed by atoms with Crippen molar-refractivity contribution in [2.45, 2.75) is 13.5 Å². The van der Waals surface area contributed by atoms with Gasteiger partial charge in [-0.2, -0.15) is 0 Å². The van der Waals surface area contributed by atoms with E-state index in [1.54, 1.807) is 12.1 Å². The third kappa shape index (κ3) is 4.35. The van der Waals surface area contributed by atoms with E-state index in [2.05, 4.69) is 36.6 Å². The van der Waals surface area contributed by atoms with E-state index in [-0.39, 0.29) is 12.4 Å². The Morgan fingerprint density at radius 2 is 2.05 bits per heavy atom. The maximum absolute atomic E-state index is 13.1. The molecule has 1 aromatic carbocycles. The maximum atomic E-state index is 13.1. The number of halogens is 2. The monoisotopic (exact) mass is 355 g/mol. The number of ether oxygens (including phenoxy) is 1. The van der Waals surface area contributed by atoms with E-state index in [9.17, 15) is 4.39 Å². The molecular formula is C13H15BrFN5O. The van der Waals surface area contributed by atoms with E-state index in [1.165, 1.54) is 12.1 Å². The molecule has 6 nitrogen and oxygen atoms in total. The number of nitrogens with two attached hydrogens (primary N) is 1. The lowest BCUT2D eigenvalue weighted by Crippen LogP contribution is -2.12. The van der Waals surface area contributed by atoms with Gasteiger partial charge in [-0.1, -0.05) is 0 Å². The van der Waals surface area contributed by atoms with Gasteiger partial charge in [-0.15, -0.1) is 0 Å². The first-order valence-corrected chi connectivity index (χ1v) is 7.06. The second-order valence-electron chi connectivity index (χ2n) is 4.09. The predicted octanol–water partition coefficient (Wildman–Crippen LogP) is 2.94. The van der Waals surface area contributed by atoms with E-state index in [0.29, 0.717) is 34.2 Å². The normalized spacial score (nSPS) is 10.5. The van der Waals surface area contributed by atoms with Crippen molar-refractivity contribution in [1.82, 2.24) is 9.97 Å². The highest BCUT2D eigenvalue weighted by atomic mass is 79.9. The van der Waals surface area contributed by atoms with Crippen molar-refractivity contribution in [3.8, 4) is 0 Å². The molecule has 2 rings (SSSR count). The Hall–Kier alpha value is -1.77. The van der Waals surface area contributed by atoms with Crippen LogP contribution < -0.4 is 16.6 Å². The number of hydrogen-bond donors (Lipinski definition) is 3. The molecule has 1 heterocycles. The molecule has 1 aromatic heterocycles. The number of hydrazine groups is 1. The van der Waals surface area contributed by atoms with Crippen LogP contribution in [0.3, 0.4) is 0 Å². The lowest BCUT2D eigenvalue weighted by atomic mass is 10.3. The van der Waals surface area contributed by atoms with Gasteiger partial charge in [-0.3, -0.25) is 0 Å². The summed E-state index contributed by atoms with van der Waals surface area (Å²) >= 11 is 3.29. The van der Waals surface area contributed by atoms with Crippen molar-refractivity contribution >= 4 is 33.3 Å². The Morgan fingerprint density at radius 1 is 1.29 bits per heavy atom. The minimum atomic E-state index is -0.323. The zero-order valence-corrected chi connectivity index (χ0v) is 12.9. The van der Waals surface area contributed by atoms with Gasteiger partial charge in [0.25, 0.3) is 0 Å². The largest absolute Gasteiger partial charge is 0.374 e. The number of benzene rings is 1. The molecule has 0 saturated heterocycles. The van der Waals surface area contributed by atoms with Crippen LogP contribution in [0.4, 0.5) is 21.7 Å². The first-order chi connectivity index (χ1) is 10.1. The standard InChI is InChI=1S/C13H15BrFN5O/c1-2-21-7-13-18-11(6-12(19-13)20-16)17-10-4-3-8(15)5-9(10)14/h3-6H,2,7,16H2,1H3,(H2,17,18,19,20). The molecule has 0 aliphatic heterocycles. The van der Waals surface area contributed by atoms with E-state index >= 15 is 0 Å². The summed E-state index contributed by atoms with van der Waals surface area (Å²) < 4.78 is 19.0. The fraction of sp³-hybridized carbons (Fsp3) is 0.231. The Labute approximate surface area is 130 Å². The number of rotatable bonds is 6. The number of hydrogen-bond acceptors (Lipinski definition) is 6. The van der Waals surface area contributed by atoms with Crippen molar-refractivity contribution in [3.05, 3.63) is 40.4 Å². The van der Waals surface area contributed by atoms with Gasteiger partial charge in [-0.25, -0.2) is 20.2 Å². The van der Waals surface area contributed by atoms with Crippen molar-refractivity contribution in [2.24, 2.45) is 5.84 Å². The summed E-state index contributed by atoms with van der Waals surface area (Å²) in [5.41, 5.74) is 3.16. The number of nitrogen functional groups attached to an aromatic ring is 1.